The number of methoxy groups -OCH3 is 2. The summed E-state index contributed by atoms with van der Waals surface area (Å²) in [4.78, 5) is 1.28. The van der Waals surface area contributed by atoms with Crippen molar-refractivity contribution in [3.8, 4) is 22.8 Å². The highest BCUT2D eigenvalue weighted by Crippen LogP contribution is 2.49. The molecule has 1 aliphatic carbocycles. The fourth-order valence-electron chi connectivity index (χ4n) is 3.79. The van der Waals surface area contributed by atoms with Gasteiger partial charge in [0, 0.05) is 34.1 Å². The first kappa shape index (κ1) is 17.0. The number of thioether (sulfide) groups is 1. The van der Waals surface area contributed by atoms with Crippen molar-refractivity contribution in [3.05, 3.63) is 58.8 Å². The summed E-state index contributed by atoms with van der Waals surface area (Å²) in [7, 11) is 3.34. The monoisotopic (exact) mass is 366 g/mol. The molecule has 0 fully saturated rings. The first-order valence-electron chi connectivity index (χ1n) is 8.62. The van der Waals surface area contributed by atoms with Crippen molar-refractivity contribution in [3.63, 3.8) is 0 Å². The molecular formula is C21H22N2O2S. The van der Waals surface area contributed by atoms with Crippen molar-refractivity contribution in [2.45, 2.75) is 24.2 Å². The van der Waals surface area contributed by atoms with Crippen molar-refractivity contribution >= 4 is 11.8 Å². The van der Waals surface area contributed by atoms with Crippen LogP contribution in [0.15, 0.2) is 41.3 Å². The second-order valence-electron chi connectivity index (χ2n) is 6.51. The number of aromatic amines is 1. The Balaban J connectivity index is 1.74. The molecule has 0 saturated carbocycles. The second-order valence-corrected chi connectivity index (χ2v) is 7.39. The molecule has 4 rings (SSSR count). The predicted molar refractivity (Wildman–Crippen MR) is 106 cm³/mol. The van der Waals surface area contributed by atoms with Crippen LogP contribution in [-0.2, 0) is 6.42 Å². The summed E-state index contributed by atoms with van der Waals surface area (Å²) in [5.74, 6) is 1.78. The third kappa shape index (κ3) is 2.67. The molecule has 5 heteroatoms. The Morgan fingerprint density at radius 1 is 1.12 bits per heavy atom. The quantitative estimate of drug-likeness (QED) is 0.654. The fraction of sp³-hybridized carbons (Fsp3) is 0.286. The third-order valence-corrected chi connectivity index (χ3v) is 5.83. The van der Waals surface area contributed by atoms with Crippen molar-refractivity contribution < 1.29 is 9.47 Å². The van der Waals surface area contributed by atoms with E-state index < -0.39 is 0 Å². The van der Waals surface area contributed by atoms with Gasteiger partial charge in [0.15, 0.2) is 11.5 Å². The summed E-state index contributed by atoms with van der Waals surface area (Å²) >= 11 is 1.77. The van der Waals surface area contributed by atoms with E-state index in [0.717, 1.165) is 29.2 Å². The minimum atomic E-state index is 0.275. The smallest absolute Gasteiger partial charge is 0.161 e. The van der Waals surface area contributed by atoms with E-state index >= 15 is 0 Å². The maximum absolute atomic E-state index is 5.48. The van der Waals surface area contributed by atoms with E-state index in [1.807, 2.05) is 6.07 Å². The minimum Gasteiger partial charge on any atom is -0.493 e. The molecule has 0 radical (unpaired) electrons. The first-order valence-corrected chi connectivity index (χ1v) is 9.85. The molecule has 1 aliphatic rings. The molecule has 1 aromatic heterocycles. The standard InChI is InChI=1S/C21H22N2O2S/c1-12-15-10-18(24-2)19(25-3)11-16(15)21-20(12)17(22-23-21)9-13-6-5-7-14(8-13)26-4/h5-8,10-12H,9H2,1-4H3,(H,22,23). The lowest BCUT2D eigenvalue weighted by Crippen LogP contribution is -1.99. The van der Waals surface area contributed by atoms with Gasteiger partial charge in [-0.15, -0.1) is 11.8 Å². The van der Waals surface area contributed by atoms with Gasteiger partial charge in [0.1, 0.15) is 0 Å². The Labute approximate surface area is 157 Å². The highest BCUT2D eigenvalue weighted by atomic mass is 32.2. The van der Waals surface area contributed by atoms with Crippen molar-refractivity contribution in [2.75, 3.05) is 20.5 Å². The average Bonchev–Trinajstić information content (AvgIpc) is 3.20. The molecule has 26 heavy (non-hydrogen) atoms. The van der Waals surface area contributed by atoms with Crippen LogP contribution in [0.25, 0.3) is 11.3 Å². The van der Waals surface area contributed by atoms with Gasteiger partial charge >= 0.3 is 0 Å². The van der Waals surface area contributed by atoms with E-state index in [0.29, 0.717) is 0 Å². The van der Waals surface area contributed by atoms with Gasteiger partial charge in [-0.05, 0) is 41.6 Å². The summed E-state index contributed by atoms with van der Waals surface area (Å²) in [5, 5.41) is 7.90. The van der Waals surface area contributed by atoms with E-state index in [9.17, 15) is 0 Å². The average molecular weight is 366 g/mol. The van der Waals surface area contributed by atoms with Gasteiger partial charge < -0.3 is 9.47 Å². The number of rotatable bonds is 5. The lowest BCUT2D eigenvalue weighted by Gasteiger charge is -2.13. The summed E-state index contributed by atoms with van der Waals surface area (Å²) in [6.07, 6.45) is 2.95. The van der Waals surface area contributed by atoms with Crippen LogP contribution >= 0.6 is 11.8 Å². The molecule has 0 saturated heterocycles. The number of hydrogen-bond donors (Lipinski definition) is 1. The van der Waals surface area contributed by atoms with E-state index in [1.165, 1.54) is 27.3 Å². The van der Waals surface area contributed by atoms with Crippen LogP contribution < -0.4 is 9.47 Å². The lowest BCUT2D eigenvalue weighted by molar-refractivity contribution is 0.354. The maximum Gasteiger partial charge on any atom is 0.161 e. The summed E-state index contributed by atoms with van der Waals surface area (Å²) in [5.41, 5.74) is 7.16. The number of benzene rings is 2. The number of ether oxygens (including phenoxy) is 2. The van der Waals surface area contributed by atoms with Crippen LogP contribution in [0.5, 0.6) is 11.5 Å². The summed E-state index contributed by atoms with van der Waals surface area (Å²) < 4.78 is 11.0. The van der Waals surface area contributed by atoms with Crippen LogP contribution in [0, 0.1) is 0 Å². The zero-order chi connectivity index (χ0) is 18.3. The Morgan fingerprint density at radius 2 is 1.88 bits per heavy atom. The normalized spacial score (nSPS) is 14.8. The van der Waals surface area contributed by atoms with E-state index in [-0.39, 0.29) is 5.92 Å². The van der Waals surface area contributed by atoms with Crippen LogP contribution in [0.1, 0.15) is 35.2 Å². The molecule has 3 aromatic rings. The number of H-pyrrole nitrogens is 1. The zero-order valence-corrected chi connectivity index (χ0v) is 16.2. The summed E-state index contributed by atoms with van der Waals surface area (Å²) in [6, 6.07) is 12.8. The summed E-state index contributed by atoms with van der Waals surface area (Å²) in [6.45, 7) is 2.23. The topological polar surface area (TPSA) is 47.1 Å². The Morgan fingerprint density at radius 3 is 2.62 bits per heavy atom. The van der Waals surface area contributed by atoms with Crippen LogP contribution in [0.4, 0.5) is 0 Å². The minimum absolute atomic E-state index is 0.275. The molecule has 0 aliphatic heterocycles. The van der Waals surface area contributed by atoms with Gasteiger partial charge in [0.2, 0.25) is 0 Å². The molecule has 4 nitrogen and oxygen atoms in total. The van der Waals surface area contributed by atoms with Crippen LogP contribution in [-0.4, -0.2) is 30.7 Å². The third-order valence-electron chi connectivity index (χ3n) is 5.11. The van der Waals surface area contributed by atoms with Crippen LogP contribution in [0.3, 0.4) is 0 Å². The highest BCUT2D eigenvalue weighted by molar-refractivity contribution is 7.98. The Kier molecular flexibility index (Phi) is 4.41. The zero-order valence-electron chi connectivity index (χ0n) is 15.4. The molecule has 134 valence electrons. The number of nitrogens with zero attached hydrogens (tertiary/aromatic N) is 1. The first-order chi connectivity index (χ1) is 12.7. The second kappa shape index (κ2) is 6.72. The molecule has 1 atom stereocenters. The fourth-order valence-corrected chi connectivity index (χ4v) is 4.28. The molecule has 0 amide bonds. The number of hydrogen-bond acceptors (Lipinski definition) is 4. The number of fused-ring (bicyclic) bond motifs is 3. The van der Waals surface area contributed by atoms with E-state index in [4.69, 9.17) is 9.47 Å². The number of aromatic nitrogens is 2. The van der Waals surface area contributed by atoms with Crippen LogP contribution in [0.2, 0.25) is 0 Å². The molecule has 2 aromatic carbocycles. The van der Waals surface area contributed by atoms with Crippen molar-refractivity contribution in [2.24, 2.45) is 0 Å². The van der Waals surface area contributed by atoms with Gasteiger partial charge in [-0.1, -0.05) is 19.1 Å². The van der Waals surface area contributed by atoms with Gasteiger partial charge in [-0.2, -0.15) is 5.10 Å². The molecule has 1 N–H and O–H groups in total. The van der Waals surface area contributed by atoms with Crippen molar-refractivity contribution in [1.82, 2.24) is 10.2 Å². The lowest BCUT2D eigenvalue weighted by atomic mass is 9.96. The van der Waals surface area contributed by atoms with Crippen molar-refractivity contribution in [1.29, 1.82) is 0 Å². The van der Waals surface area contributed by atoms with Gasteiger partial charge in [0.05, 0.1) is 19.9 Å². The molecule has 0 bridgehead atoms. The Bertz CT molecular complexity index is 965. The SMILES string of the molecule is COc1cc2c(cc1OC)C(C)c1c-2n[nH]c1Cc1cccc(SC)c1. The largest absolute Gasteiger partial charge is 0.493 e. The van der Waals surface area contributed by atoms with Gasteiger partial charge in [0.25, 0.3) is 0 Å². The highest BCUT2D eigenvalue weighted by Gasteiger charge is 2.32. The molecular weight excluding hydrogens is 344 g/mol. The maximum atomic E-state index is 5.48. The predicted octanol–water partition coefficient (Wildman–Crippen LogP) is 4.87. The molecule has 1 heterocycles. The number of nitrogens with one attached hydrogen (secondary N) is 1. The van der Waals surface area contributed by atoms with E-state index in [1.54, 1.807) is 26.0 Å². The van der Waals surface area contributed by atoms with Gasteiger partial charge in [-0.25, -0.2) is 0 Å². The molecule has 0 spiro atoms. The van der Waals surface area contributed by atoms with E-state index in [2.05, 4.69) is 53.7 Å². The Hall–Kier alpha value is -2.40. The van der Waals surface area contributed by atoms with Gasteiger partial charge in [-0.3, -0.25) is 5.10 Å². The molecule has 1 unspecified atom stereocenters.